The lowest BCUT2D eigenvalue weighted by molar-refractivity contribution is -0.153. The zero-order valence-electron chi connectivity index (χ0n) is 14.4. The van der Waals surface area contributed by atoms with E-state index in [-0.39, 0.29) is 30.2 Å². The Morgan fingerprint density at radius 2 is 1.93 bits per heavy atom. The molecule has 1 saturated heterocycles. The van der Waals surface area contributed by atoms with Crippen LogP contribution in [0.3, 0.4) is 0 Å². The van der Waals surface area contributed by atoms with Crippen molar-refractivity contribution in [3.63, 3.8) is 0 Å². The smallest absolute Gasteiger partial charge is 0.422 e. The van der Waals surface area contributed by atoms with Gasteiger partial charge in [0.2, 0.25) is 5.91 Å². The second-order valence-electron chi connectivity index (χ2n) is 6.29. The van der Waals surface area contributed by atoms with Crippen molar-refractivity contribution in [2.45, 2.75) is 18.8 Å². The summed E-state index contributed by atoms with van der Waals surface area (Å²) in [5, 5.41) is 2.84. The van der Waals surface area contributed by atoms with E-state index in [1.165, 1.54) is 12.1 Å². The number of carbonyl (C=O) groups excluding carboxylic acids is 1. The van der Waals surface area contributed by atoms with Crippen LogP contribution in [0.2, 0.25) is 0 Å². The number of nitrogens with one attached hydrogen (secondary N) is 3. The number of hydrogen-bond acceptors (Lipinski definition) is 4. The van der Waals surface area contributed by atoms with Crippen LogP contribution in [0.25, 0.3) is 0 Å². The minimum absolute atomic E-state index is 0.116. The highest BCUT2D eigenvalue weighted by Crippen LogP contribution is 2.25. The van der Waals surface area contributed by atoms with Crippen LogP contribution in [0, 0.1) is 5.92 Å². The van der Waals surface area contributed by atoms with Crippen molar-refractivity contribution in [2.75, 3.05) is 13.2 Å². The molecule has 3 rings (SSSR count). The van der Waals surface area contributed by atoms with E-state index < -0.39 is 12.8 Å². The number of halogens is 3. The summed E-state index contributed by atoms with van der Waals surface area (Å²) in [6.45, 7) is -0.652. The number of ether oxygens (including phenoxy) is 1. The Morgan fingerprint density at radius 1 is 1.15 bits per heavy atom. The number of carbonyl (C=O) groups is 1. The number of rotatable bonds is 6. The molecule has 1 aliphatic rings. The van der Waals surface area contributed by atoms with Crippen LogP contribution in [-0.2, 0) is 11.3 Å². The van der Waals surface area contributed by atoms with E-state index in [9.17, 15) is 18.0 Å². The topological polar surface area (TPSA) is 62.4 Å². The molecule has 1 amide bonds. The molecule has 2 unspecified atom stereocenters. The van der Waals surface area contributed by atoms with Gasteiger partial charge in [0.25, 0.3) is 0 Å². The summed E-state index contributed by atoms with van der Waals surface area (Å²) in [6, 6.07) is 15.8. The van der Waals surface area contributed by atoms with Crippen molar-refractivity contribution in [1.82, 2.24) is 16.2 Å². The molecule has 0 spiro atoms. The van der Waals surface area contributed by atoms with Gasteiger partial charge in [-0.15, -0.1) is 0 Å². The van der Waals surface area contributed by atoms with Crippen molar-refractivity contribution in [2.24, 2.45) is 5.92 Å². The highest BCUT2D eigenvalue weighted by atomic mass is 19.4. The van der Waals surface area contributed by atoms with Gasteiger partial charge < -0.3 is 10.1 Å². The zero-order chi connectivity index (χ0) is 19.3. The lowest BCUT2D eigenvalue weighted by Gasteiger charge is -2.18. The minimum atomic E-state index is -4.39. The molecule has 1 aliphatic heterocycles. The molecule has 1 fully saturated rings. The third-order valence-electron chi connectivity index (χ3n) is 4.25. The van der Waals surface area contributed by atoms with Crippen molar-refractivity contribution in [1.29, 1.82) is 0 Å². The third kappa shape index (κ3) is 5.45. The molecule has 27 heavy (non-hydrogen) atoms. The van der Waals surface area contributed by atoms with Crippen LogP contribution in [-0.4, -0.2) is 25.2 Å². The molecule has 5 nitrogen and oxygen atoms in total. The zero-order valence-corrected chi connectivity index (χ0v) is 14.4. The quantitative estimate of drug-likeness (QED) is 0.722. The van der Waals surface area contributed by atoms with Gasteiger partial charge in [0, 0.05) is 13.1 Å². The van der Waals surface area contributed by atoms with Crippen molar-refractivity contribution in [3.05, 3.63) is 65.7 Å². The average Bonchev–Trinajstić information content (AvgIpc) is 3.15. The second-order valence-corrected chi connectivity index (χ2v) is 6.29. The second kappa shape index (κ2) is 8.41. The molecule has 0 saturated carbocycles. The predicted octanol–water partition coefficient (Wildman–Crippen LogP) is 2.71. The van der Waals surface area contributed by atoms with Crippen LogP contribution >= 0.6 is 0 Å². The first-order valence-electron chi connectivity index (χ1n) is 8.52. The van der Waals surface area contributed by atoms with Gasteiger partial charge in [-0.05, 0) is 23.3 Å². The third-order valence-corrected chi connectivity index (χ3v) is 4.25. The fraction of sp³-hybridized carbons (Fsp3) is 0.316. The van der Waals surface area contributed by atoms with Gasteiger partial charge in [-0.25, -0.2) is 5.43 Å². The Hall–Kier alpha value is -2.58. The normalized spacial score (nSPS) is 19.7. The molecule has 144 valence electrons. The summed E-state index contributed by atoms with van der Waals surface area (Å²) < 4.78 is 41.5. The molecule has 0 aromatic heterocycles. The first kappa shape index (κ1) is 19.2. The Morgan fingerprint density at radius 3 is 2.67 bits per heavy atom. The number of benzene rings is 2. The molecule has 2 aromatic carbocycles. The Kier molecular flexibility index (Phi) is 5.98. The molecule has 2 atom stereocenters. The molecule has 1 heterocycles. The van der Waals surface area contributed by atoms with E-state index in [1.807, 2.05) is 30.3 Å². The van der Waals surface area contributed by atoms with E-state index in [1.54, 1.807) is 12.1 Å². The maximum absolute atomic E-state index is 12.6. The number of amides is 1. The Balaban J connectivity index is 1.57. The first-order valence-corrected chi connectivity index (χ1v) is 8.52. The highest BCUT2D eigenvalue weighted by Gasteiger charge is 2.33. The fourth-order valence-electron chi connectivity index (χ4n) is 2.95. The summed E-state index contributed by atoms with van der Waals surface area (Å²) >= 11 is 0. The monoisotopic (exact) mass is 379 g/mol. The molecule has 2 aromatic rings. The number of alkyl halides is 3. The number of hydrogen-bond donors (Lipinski definition) is 3. The van der Waals surface area contributed by atoms with Crippen molar-refractivity contribution >= 4 is 5.91 Å². The van der Waals surface area contributed by atoms with E-state index in [2.05, 4.69) is 16.2 Å². The molecule has 0 aliphatic carbocycles. The molecule has 0 radical (unpaired) electrons. The largest absolute Gasteiger partial charge is 0.484 e. The Bertz CT molecular complexity index is 768. The minimum Gasteiger partial charge on any atom is -0.484 e. The summed E-state index contributed by atoms with van der Waals surface area (Å²) in [4.78, 5) is 12.6. The first-order chi connectivity index (χ1) is 12.9. The molecule has 3 N–H and O–H groups in total. The van der Waals surface area contributed by atoms with Gasteiger partial charge in [-0.1, -0.05) is 42.5 Å². The predicted molar refractivity (Wildman–Crippen MR) is 93.7 cm³/mol. The lowest BCUT2D eigenvalue weighted by Crippen LogP contribution is -2.34. The van der Waals surface area contributed by atoms with Crippen LogP contribution in [0.5, 0.6) is 5.75 Å². The summed E-state index contributed by atoms with van der Waals surface area (Å²) in [6.07, 6.45) is -4.39. The lowest BCUT2D eigenvalue weighted by atomic mass is 9.94. The van der Waals surface area contributed by atoms with E-state index in [4.69, 9.17) is 4.74 Å². The van der Waals surface area contributed by atoms with Gasteiger partial charge in [0.1, 0.15) is 5.75 Å². The summed E-state index contributed by atoms with van der Waals surface area (Å²) in [7, 11) is 0. The highest BCUT2D eigenvalue weighted by molar-refractivity contribution is 5.80. The summed E-state index contributed by atoms with van der Waals surface area (Å²) in [5.74, 6) is -0.314. The summed E-state index contributed by atoms with van der Waals surface area (Å²) in [5.41, 5.74) is 7.78. The van der Waals surface area contributed by atoms with Gasteiger partial charge in [-0.3, -0.25) is 10.2 Å². The van der Waals surface area contributed by atoms with Gasteiger partial charge >= 0.3 is 6.18 Å². The van der Waals surface area contributed by atoms with Gasteiger partial charge in [-0.2, -0.15) is 13.2 Å². The molecule has 0 bridgehead atoms. The van der Waals surface area contributed by atoms with E-state index >= 15 is 0 Å². The van der Waals surface area contributed by atoms with Crippen molar-refractivity contribution in [3.8, 4) is 5.75 Å². The van der Waals surface area contributed by atoms with Gasteiger partial charge in [0.05, 0.1) is 12.0 Å². The van der Waals surface area contributed by atoms with Crippen LogP contribution in [0.15, 0.2) is 54.6 Å². The van der Waals surface area contributed by atoms with E-state index in [0.717, 1.165) is 5.56 Å². The van der Waals surface area contributed by atoms with Crippen LogP contribution in [0.4, 0.5) is 13.2 Å². The van der Waals surface area contributed by atoms with Gasteiger partial charge in [0.15, 0.2) is 6.61 Å². The molecule has 8 heteroatoms. The Labute approximate surface area is 154 Å². The number of hydrazine groups is 1. The molecular weight excluding hydrogens is 359 g/mol. The maximum atomic E-state index is 12.6. The van der Waals surface area contributed by atoms with Crippen LogP contribution < -0.4 is 20.9 Å². The average molecular weight is 379 g/mol. The van der Waals surface area contributed by atoms with Crippen LogP contribution in [0.1, 0.15) is 17.2 Å². The standard InChI is InChI=1S/C19H20F3N3O2/c20-19(21,22)12-27-15-8-4-5-13(9-15)10-23-18(26)16-11-24-25-17(16)14-6-2-1-3-7-14/h1-9,16-17,24-25H,10-12H2,(H,23,26). The SMILES string of the molecule is O=C(NCc1cccc(OCC(F)(F)F)c1)C1CNNC1c1ccccc1. The van der Waals surface area contributed by atoms with Crippen molar-refractivity contribution < 1.29 is 22.7 Å². The maximum Gasteiger partial charge on any atom is 0.422 e. The van der Waals surface area contributed by atoms with E-state index in [0.29, 0.717) is 12.1 Å². The molecular formula is C19H20F3N3O2. The fourth-order valence-corrected chi connectivity index (χ4v) is 2.95.